The Morgan fingerprint density at radius 1 is 1.08 bits per heavy atom. The Bertz CT molecular complexity index is 1460. The summed E-state index contributed by atoms with van der Waals surface area (Å²) >= 11 is 0. The summed E-state index contributed by atoms with van der Waals surface area (Å²) in [4.78, 5) is 12.4. The van der Waals surface area contributed by atoms with Crippen LogP contribution in [0.25, 0.3) is 16.6 Å². The number of benzene rings is 3. The lowest BCUT2D eigenvalue weighted by molar-refractivity contribution is -0.137. The molecule has 0 aliphatic carbocycles. The van der Waals surface area contributed by atoms with Crippen molar-refractivity contribution in [2.24, 2.45) is 0 Å². The van der Waals surface area contributed by atoms with E-state index in [1.165, 1.54) is 0 Å². The van der Waals surface area contributed by atoms with E-state index in [-0.39, 0.29) is 18.9 Å². The van der Waals surface area contributed by atoms with Gasteiger partial charge in [0.25, 0.3) is 5.91 Å². The summed E-state index contributed by atoms with van der Waals surface area (Å²) in [6, 6.07) is 18.5. The highest BCUT2D eigenvalue weighted by Gasteiger charge is 2.33. The van der Waals surface area contributed by atoms with Crippen LogP contribution in [0.15, 0.2) is 72.9 Å². The van der Waals surface area contributed by atoms with Crippen LogP contribution in [-0.4, -0.2) is 33.8 Å². The number of aromatic nitrogens is 1. The minimum Gasteiger partial charge on any atom is -0.457 e. The molecule has 3 N–H and O–H groups in total. The van der Waals surface area contributed by atoms with Crippen LogP contribution in [0.1, 0.15) is 29.2 Å². The van der Waals surface area contributed by atoms with Gasteiger partial charge in [0.1, 0.15) is 11.5 Å². The Morgan fingerprint density at radius 3 is 2.46 bits per heavy atom. The average Bonchev–Trinajstić information content (AvgIpc) is 3.27. The van der Waals surface area contributed by atoms with Gasteiger partial charge in [0.15, 0.2) is 6.10 Å². The van der Waals surface area contributed by atoms with Gasteiger partial charge in [-0.1, -0.05) is 18.2 Å². The van der Waals surface area contributed by atoms with Crippen LogP contribution in [0.5, 0.6) is 11.5 Å². The number of rotatable bonds is 8. The number of nitriles is 1. The van der Waals surface area contributed by atoms with Gasteiger partial charge in [0.05, 0.1) is 22.7 Å². The predicted molar refractivity (Wildman–Crippen MR) is 129 cm³/mol. The summed E-state index contributed by atoms with van der Waals surface area (Å²) in [5.74, 6) is -0.151. The molecule has 1 aromatic heterocycles. The van der Waals surface area contributed by atoms with E-state index in [9.17, 15) is 23.1 Å². The maximum absolute atomic E-state index is 13.0. The van der Waals surface area contributed by atoms with E-state index in [4.69, 9.17) is 15.1 Å². The fourth-order valence-corrected chi connectivity index (χ4v) is 3.90. The number of amides is 1. The second-order valence-corrected chi connectivity index (χ2v) is 8.16. The standard InChI is InChI=1S/C27H22F3N3O4/c28-27(29,30)23-11-10-20(14-17(23)15-31)37-19-8-6-18(7-9-19)33-16-22(21-4-1-2-5-24(21)33)25(35)26(36)32-12-3-13-34/h1-2,4-11,14,16,25,34-35H,3,12-13H2,(H,32,36). The molecule has 1 unspecified atom stereocenters. The lowest BCUT2D eigenvalue weighted by atomic mass is 10.1. The number of alkyl halides is 3. The van der Waals surface area contributed by atoms with Crippen LogP contribution >= 0.6 is 0 Å². The number of ether oxygens (including phenoxy) is 1. The van der Waals surface area contributed by atoms with Gasteiger partial charge < -0.3 is 24.8 Å². The van der Waals surface area contributed by atoms with Gasteiger partial charge in [-0.25, -0.2) is 0 Å². The minimum absolute atomic E-state index is 0.0756. The summed E-state index contributed by atoms with van der Waals surface area (Å²) in [7, 11) is 0. The van der Waals surface area contributed by atoms with E-state index in [1.807, 2.05) is 12.1 Å². The molecule has 0 aliphatic heterocycles. The molecule has 0 saturated heterocycles. The average molecular weight is 509 g/mol. The largest absolute Gasteiger partial charge is 0.457 e. The SMILES string of the molecule is N#Cc1cc(Oc2ccc(-n3cc(C(O)C(=O)NCCCO)c4ccccc43)cc2)ccc1C(F)(F)F. The number of para-hydroxylation sites is 1. The van der Waals surface area contributed by atoms with Crippen molar-refractivity contribution in [2.45, 2.75) is 18.7 Å². The number of halogens is 3. The van der Waals surface area contributed by atoms with Crippen molar-refractivity contribution >= 4 is 16.8 Å². The molecule has 3 aromatic carbocycles. The van der Waals surface area contributed by atoms with Crippen molar-refractivity contribution in [3.05, 3.63) is 89.6 Å². The zero-order valence-electron chi connectivity index (χ0n) is 19.4. The lowest BCUT2D eigenvalue weighted by Gasteiger charge is -2.12. The van der Waals surface area contributed by atoms with E-state index in [0.29, 0.717) is 28.8 Å². The molecular formula is C27H22F3N3O4. The second kappa shape index (κ2) is 10.7. The van der Waals surface area contributed by atoms with Crippen molar-refractivity contribution in [3.63, 3.8) is 0 Å². The van der Waals surface area contributed by atoms with Crippen molar-refractivity contribution < 1.29 is 32.9 Å². The van der Waals surface area contributed by atoms with Gasteiger partial charge in [0, 0.05) is 36.0 Å². The van der Waals surface area contributed by atoms with E-state index in [1.54, 1.807) is 53.2 Å². The lowest BCUT2D eigenvalue weighted by Crippen LogP contribution is -2.30. The van der Waals surface area contributed by atoms with Crippen molar-refractivity contribution in [1.29, 1.82) is 5.26 Å². The molecule has 1 heterocycles. The van der Waals surface area contributed by atoms with Crippen LogP contribution in [0.4, 0.5) is 13.2 Å². The van der Waals surface area contributed by atoms with Crippen LogP contribution < -0.4 is 10.1 Å². The maximum Gasteiger partial charge on any atom is 0.417 e. The molecular weight excluding hydrogens is 487 g/mol. The molecule has 0 spiro atoms. The molecule has 37 heavy (non-hydrogen) atoms. The molecule has 4 rings (SSSR count). The fraction of sp³-hybridized carbons (Fsp3) is 0.185. The monoisotopic (exact) mass is 509 g/mol. The number of hydrogen-bond acceptors (Lipinski definition) is 5. The zero-order valence-corrected chi connectivity index (χ0v) is 19.4. The summed E-state index contributed by atoms with van der Waals surface area (Å²) in [5.41, 5.74) is 0.276. The van der Waals surface area contributed by atoms with E-state index >= 15 is 0 Å². The van der Waals surface area contributed by atoms with Gasteiger partial charge in [-0.3, -0.25) is 4.79 Å². The van der Waals surface area contributed by atoms with Crippen LogP contribution in [0, 0.1) is 11.3 Å². The van der Waals surface area contributed by atoms with Crippen molar-refractivity contribution in [3.8, 4) is 23.3 Å². The second-order valence-electron chi connectivity index (χ2n) is 8.16. The summed E-state index contributed by atoms with van der Waals surface area (Å²) in [6.07, 6.45) is -4.02. The van der Waals surface area contributed by atoms with Gasteiger partial charge >= 0.3 is 6.18 Å². The molecule has 0 aliphatic rings. The fourth-order valence-electron chi connectivity index (χ4n) is 3.90. The topological polar surface area (TPSA) is 108 Å². The first-order valence-corrected chi connectivity index (χ1v) is 11.3. The van der Waals surface area contributed by atoms with Crippen LogP contribution in [-0.2, 0) is 11.0 Å². The van der Waals surface area contributed by atoms with Crippen LogP contribution in [0.2, 0.25) is 0 Å². The Morgan fingerprint density at radius 2 is 1.78 bits per heavy atom. The molecule has 0 bridgehead atoms. The Balaban J connectivity index is 1.59. The van der Waals surface area contributed by atoms with E-state index < -0.39 is 29.3 Å². The van der Waals surface area contributed by atoms with Gasteiger partial charge in [-0.05, 0) is 55.0 Å². The normalized spacial score (nSPS) is 12.2. The Kier molecular flexibility index (Phi) is 7.47. The number of aliphatic hydroxyl groups is 2. The molecule has 10 heteroatoms. The molecule has 7 nitrogen and oxygen atoms in total. The number of carbonyl (C=O) groups excluding carboxylic acids is 1. The van der Waals surface area contributed by atoms with Gasteiger partial charge in [-0.2, -0.15) is 18.4 Å². The Hall–Kier alpha value is -4.33. The maximum atomic E-state index is 13.0. The third kappa shape index (κ3) is 5.58. The zero-order chi connectivity index (χ0) is 26.6. The van der Waals surface area contributed by atoms with Gasteiger partial charge in [0.2, 0.25) is 0 Å². The number of aliphatic hydroxyl groups excluding tert-OH is 2. The molecule has 190 valence electrons. The molecule has 0 fully saturated rings. The van der Waals surface area contributed by atoms with E-state index in [0.717, 1.165) is 23.7 Å². The molecule has 4 aromatic rings. The van der Waals surface area contributed by atoms with E-state index in [2.05, 4.69) is 5.32 Å². The van der Waals surface area contributed by atoms with Crippen LogP contribution in [0.3, 0.4) is 0 Å². The number of hydrogen-bond donors (Lipinski definition) is 3. The predicted octanol–water partition coefficient (Wildman–Crippen LogP) is 4.85. The number of nitrogens with one attached hydrogen (secondary N) is 1. The minimum atomic E-state index is -4.64. The van der Waals surface area contributed by atoms with Crippen molar-refractivity contribution in [1.82, 2.24) is 9.88 Å². The highest BCUT2D eigenvalue weighted by Crippen LogP contribution is 2.35. The molecule has 1 amide bonds. The highest BCUT2D eigenvalue weighted by atomic mass is 19.4. The number of carbonyl (C=O) groups is 1. The molecule has 0 radical (unpaired) electrons. The molecule has 1 atom stereocenters. The summed E-state index contributed by atoms with van der Waals surface area (Å²) < 4.78 is 46.6. The first-order chi connectivity index (χ1) is 17.7. The Labute approximate surface area is 210 Å². The summed E-state index contributed by atoms with van der Waals surface area (Å²) in [6.45, 7) is 0.162. The first kappa shape index (κ1) is 25.8. The molecule has 0 saturated carbocycles. The summed E-state index contributed by atoms with van der Waals surface area (Å²) in [5, 5.41) is 31.9. The number of fused-ring (bicyclic) bond motifs is 1. The smallest absolute Gasteiger partial charge is 0.417 e. The third-order valence-electron chi connectivity index (χ3n) is 5.69. The third-order valence-corrected chi connectivity index (χ3v) is 5.69. The van der Waals surface area contributed by atoms with Crippen molar-refractivity contribution in [2.75, 3.05) is 13.2 Å². The van der Waals surface area contributed by atoms with Gasteiger partial charge in [-0.15, -0.1) is 0 Å². The quantitative estimate of drug-likeness (QED) is 0.295. The first-order valence-electron chi connectivity index (χ1n) is 11.3. The highest BCUT2D eigenvalue weighted by molar-refractivity contribution is 5.92. The number of nitrogens with zero attached hydrogens (tertiary/aromatic N) is 2.